The molecule has 0 aromatic rings. The Morgan fingerprint density at radius 3 is 2.38 bits per heavy atom. The van der Waals surface area contributed by atoms with Crippen LogP contribution in [0.25, 0.3) is 0 Å². The van der Waals surface area contributed by atoms with Crippen molar-refractivity contribution in [1.29, 1.82) is 0 Å². The molecular formula is C40H59NO11. The van der Waals surface area contributed by atoms with E-state index >= 15 is 0 Å². The van der Waals surface area contributed by atoms with E-state index in [0.29, 0.717) is 25.7 Å². The van der Waals surface area contributed by atoms with Crippen LogP contribution >= 0.6 is 0 Å². The molecule has 0 aromatic carbocycles. The minimum atomic E-state index is -0.780. The molecular weight excluding hydrogens is 670 g/mol. The van der Waals surface area contributed by atoms with Gasteiger partial charge in [0.25, 0.3) is 0 Å². The highest BCUT2D eigenvalue weighted by molar-refractivity contribution is 5.79. The van der Waals surface area contributed by atoms with Crippen LogP contribution in [0.2, 0.25) is 0 Å². The average Bonchev–Trinajstić information content (AvgIpc) is 3.79. The number of Topliss-reactive ketones (excluding diaryl/α,β-unsaturated/α-hetero) is 1. The summed E-state index contributed by atoms with van der Waals surface area (Å²) in [4.78, 5) is 14.1. The van der Waals surface area contributed by atoms with Crippen LogP contribution in [0, 0.1) is 11.8 Å². The van der Waals surface area contributed by atoms with E-state index in [-0.39, 0.29) is 122 Å². The summed E-state index contributed by atoms with van der Waals surface area (Å²) in [5, 5.41) is 10.5. The van der Waals surface area contributed by atoms with E-state index in [2.05, 4.69) is 20.1 Å². The molecule has 52 heavy (non-hydrogen) atoms. The minimum absolute atomic E-state index is 0.0158. The number of fused-ring (bicyclic) bond motifs is 6. The Morgan fingerprint density at radius 2 is 1.56 bits per heavy atom. The molecule has 1 unspecified atom stereocenters. The predicted octanol–water partition coefficient (Wildman–Crippen LogP) is 3.44. The smallest absolute Gasteiger partial charge is 0.172 e. The van der Waals surface area contributed by atoms with Crippen molar-refractivity contribution in [3.05, 3.63) is 24.3 Å². The number of aliphatic hydroxyl groups is 1. The summed E-state index contributed by atoms with van der Waals surface area (Å²) in [6, 6.07) is 0. The highest BCUT2D eigenvalue weighted by Crippen LogP contribution is 2.54. The Kier molecular flexibility index (Phi) is 10.0. The maximum atomic E-state index is 14.1. The van der Waals surface area contributed by atoms with Crippen molar-refractivity contribution in [2.75, 3.05) is 13.7 Å². The molecule has 10 heterocycles. The zero-order valence-corrected chi connectivity index (χ0v) is 30.8. The van der Waals surface area contributed by atoms with Crippen molar-refractivity contribution in [1.82, 2.24) is 0 Å². The highest BCUT2D eigenvalue weighted by Gasteiger charge is 2.68. The van der Waals surface area contributed by atoms with Gasteiger partial charge in [0.2, 0.25) is 0 Å². The molecule has 3 N–H and O–H groups in total. The van der Waals surface area contributed by atoms with Crippen LogP contribution in [-0.2, 0) is 47.4 Å². The number of hydrogen-bond donors (Lipinski definition) is 2. The summed E-state index contributed by atoms with van der Waals surface area (Å²) in [6.07, 6.45) is 4.85. The molecule has 0 aromatic heterocycles. The maximum absolute atomic E-state index is 14.1. The fourth-order valence-electron chi connectivity index (χ4n) is 11.3. The summed E-state index contributed by atoms with van der Waals surface area (Å²) in [7, 11) is 1.66. The first kappa shape index (κ1) is 36.4. The monoisotopic (exact) mass is 729 g/mol. The van der Waals surface area contributed by atoms with Gasteiger partial charge in [0.05, 0.1) is 67.1 Å². The number of nitrogens with two attached hydrogens (primary N) is 1. The Labute approximate surface area is 307 Å². The van der Waals surface area contributed by atoms with Gasteiger partial charge < -0.3 is 53.5 Å². The minimum Gasteiger partial charge on any atom is -0.392 e. The van der Waals surface area contributed by atoms with Gasteiger partial charge in [0, 0.05) is 58.1 Å². The van der Waals surface area contributed by atoms with E-state index in [0.717, 1.165) is 56.1 Å². The van der Waals surface area contributed by atoms with Crippen molar-refractivity contribution < 1.29 is 52.5 Å². The quantitative estimate of drug-likeness (QED) is 0.409. The third-order valence-corrected chi connectivity index (χ3v) is 14.0. The zero-order valence-electron chi connectivity index (χ0n) is 30.8. The Morgan fingerprint density at radius 1 is 0.808 bits per heavy atom. The summed E-state index contributed by atoms with van der Waals surface area (Å²) in [5.74, 6) is -0.619. The molecule has 19 atom stereocenters. The molecule has 0 radical (unpaired) electrons. The number of carbonyl (C=O) groups excluding carboxylic acids is 1. The van der Waals surface area contributed by atoms with E-state index in [1.807, 2.05) is 0 Å². The van der Waals surface area contributed by atoms with Gasteiger partial charge in [0.15, 0.2) is 5.79 Å². The molecule has 0 saturated carbocycles. The van der Waals surface area contributed by atoms with Gasteiger partial charge in [-0.3, -0.25) is 4.79 Å². The molecule has 10 fully saturated rings. The number of rotatable bonds is 4. The van der Waals surface area contributed by atoms with Gasteiger partial charge >= 0.3 is 0 Å². The number of ketones is 1. The lowest BCUT2D eigenvalue weighted by molar-refractivity contribution is -0.292. The van der Waals surface area contributed by atoms with Gasteiger partial charge in [-0.15, -0.1) is 0 Å². The zero-order chi connectivity index (χ0) is 35.9. The van der Waals surface area contributed by atoms with Crippen LogP contribution in [0.1, 0.15) is 90.4 Å². The molecule has 10 saturated heterocycles. The molecule has 0 aliphatic carbocycles. The van der Waals surface area contributed by atoms with Gasteiger partial charge in [-0.05, 0) is 62.0 Å². The largest absolute Gasteiger partial charge is 0.392 e. The Balaban J connectivity index is 0.994. The van der Waals surface area contributed by atoms with Crippen LogP contribution in [-0.4, -0.2) is 128 Å². The lowest BCUT2D eigenvalue weighted by Crippen LogP contribution is -2.61. The fourth-order valence-corrected chi connectivity index (χ4v) is 11.3. The standard InChI is InChI=1S/C40H59NO11/c1-19-11-24-5-7-28-20(2)12-26(45-28)9-10-40-17-33-36(51-40)37-38(50-33)39(52-40)35-29(49-37)8-6-25(47-35)13-22(42)14-27-31(16-30(46-24)21(19)3)48-32(34(27)44-4)15-23(43)18-41/h19,23-39,43H,2-3,5-18,41H2,1,4H3/t19-,23+,24?,25-,26+,27+,28+,29+,30-,31+,32-,33-,34-,35+,36+,37+,38-,39+,40+/m1/s1. The second-order valence-electron chi connectivity index (χ2n) is 17.4. The van der Waals surface area contributed by atoms with E-state index < -0.39 is 18.0 Å². The van der Waals surface area contributed by atoms with Crippen molar-refractivity contribution >= 4 is 5.78 Å². The SMILES string of the molecule is C=C1C[C@@H]2CC[C@@]34C[C@H]5O[C@H]6[C@@H](O3)[C@H]3O[C@H](CC[C@@H]3O[C@H]6[C@H]5O4)CC(=O)C[C@@H]3[C@@H](OC)[C@@H](C[C@H](O)CN)O[C@H]3C[C@H]3OC(CC[C@@H]1O2)C[C@@H](C)C3=C. The average molecular weight is 730 g/mol. The highest BCUT2D eigenvalue weighted by atomic mass is 16.8. The van der Waals surface area contributed by atoms with Crippen molar-refractivity contribution in [2.24, 2.45) is 17.6 Å². The Bertz CT molecular complexity index is 1380. The molecule has 12 heteroatoms. The number of methoxy groups -OCH3 is 1. The summed E-state index contributed by atoms with van der Waals surface area (Å²) >= 11 is 0. The summed E-state index contributed by atoms with van der Waals surface area (Å²) < 4.78 is 60.0. The summed E-state index contributed by atoms with van der Waals surface area (Å²) in [6.45, 7) is 11.3. The van der Waals surface area contributed by atoms with Gasteiger partial charge in [0.1, 0.15) is 36.3 Å². The predicted molar refractivity (Wildman–Crippen MR) is 186 cm³/mol. The number of ether oxygens (including phenoxy) is 9. The molecule has 1 spiro atoms. The molecule has 10 aliphatic rings. The van der Waals surface area contributed by atoms with Crippen LogP contribution in [0.5, 0.6) is 0 Å². The van der Waals surface area contributed by atoms with Crippen LogP contribution in [0.4, 0.5) is 0 Å². The molecule has 0 amide bonds. The maximum Gasteiger partial charge on any atom is 0.172 e. The van der Waals surface area contributed by atoms with Crippen molar-refractivity contribution in [2.45, 2.75) is 194 Å². The topological polar surface area (TPSA) is 146 Å². The normalized spacial score (nSPS) is 52.4. The Hall–Kier alpha value is -1.29. The van der Waals surface area contributed by atoms with Crippen LogP contribution in [0.3, 0.4) is 0 Å². The lowest BCUT2D eigenvalue weighted by atomic mass is 9.81. The number of hydrogen-bond acceptors (Lipinski definition) is 12. The first-order chi connectivity index (χ1) is 25.1. The van der Waals surface area contributed by atoms with Gasteiger partial charge in [-0.2, -0.15) is 0 Å². The third-order valence-electron chi connectivity index (χ3n) is 14.0. The molecule has 10 aliphatic heterocycles. The van der Waals surface area contributed by atoms with Crippen molar-refractivity contribution in [3.8, 4) is 0 Å². The molecule has 10 rings (SSSR count). The molecule has 12 bridgehead atoms. The van der Waals surface area contributed by atoms with Crippen molar-refractivity contribution in [3.63, 3.8) is 0 Å². The van der Waals surface area contributed by atoms with Gasteiger partial charge in [-0.25, -0.2) is 0 Å². The second-order valence-corrected chi connectivity index (χ2v) is 17.4. The lowest BCUT2D eigenvalue weighted by Gasteiger charge is -2.47. The van der Waals surface area contributed by atoms with Crippen LogP contribution < -0.4 is 5.73 Å². The first-order valence-electron chi connectivity index (χ1n) is 20.2. The van der Waals surface area contributed by atoms with E-state index in [1.165, 1.54) is 0 Å². The first-order valence-corrected chi connectivity index (χ1v) is 20.2. The van der Waals surface area contributed by atoms with Gasteiger partial charge in [-0.1, -0.05) is 20.1 Å². The van der Waals surface area contributed by atoms with E-state index in [4.69, 9.17) is 48.4 Å². The second kappa shape index (κ2) is 14.3. The number of aliphatic hydroxyl groups excluding tert-OH is 1. The summed E-state index contributed by atoms with van der Waals surface area (Å²) in [5.41, 5.74) is 8.01. The molecule has 12 nitrogen and oxygen atoms in total. The molecule has 290 valence electrons. The van der Waals surface area contributed by atoms with Crippen LogP contribution in [0.15, 0.2) is 24.3 Å². The number of carbonyl (C=O) groups is 1. The third kappa shape index (κ3) is 6.59. The van der Waals surface area contributed by atoms with E-state index in [9.17, 15) is 9.90 Å². The fraction of sp³-hybridized carbons (Fsp3) is 0.875. The van der Waals surface area contributed by atoms with E-state index in [1.54, 1.807) is 7.11 Å².